The van der Waals surface area contributed by atoms with Crippen LogP contribution in [0.15, 0.2) is 29.2 Å². The predicted octanol–water partition coefficient (Wildman–Crippen LogP) is 1.49. The van der Waals surface area contributed by atoms with Gasteiger partial charge in [0, 0.05) is 31.4 Å². The second-order valence-electron chi connectivity index (χ2n) is 5.16. The summed E-state index contributed by atoms with van der Waals surface area (Å²) in [6.07, 6.45) is 2.46. The van der Waals surface area contributed by atoms with Crippen molar-refractivity contribution < 1.29 is 8.42 Å². The molecule has 20 heavy (non-hydrogen) atoms. The minimum atomic E-state index is -3.40. The maximum absolute atomic E-state index is 12.1. The van der Waals surface area contributed by atoms with Gasteiger partial charge in [-0.15, -0.1) is 0 Å². The van der Waals surface area contributed by atoms with Gasteiger partial charge < -0.3 is 10.2 Å². The van der Waals surface area contributed by atoms with E-state index in [2.05, 4.69) is 14.9 Å². The Hall–Kier alpha value is -1.11. The molecule has 1 fully saturated rings. The average Bonchev–Trinajstić information content (AvgIpc) is 3.24. The fourth-order valence-corrected chi connectivity index (χ4v) is 3.11. The van der Waals surface area contributed by atoms with Gasteiger partial charge in [-0.1, -0.05) is 0 Å². The second kappa shape index (κ2) is 6.56. The van der Waals surface area contributed by atoms with E-state index in [1.54, 1.807) is 24.3 Å². The van der Waals surface area contributed by atoms with Gasteiger partial charge in [-0.2, -0.15) is 0 Å². The number of nitrogens with zero attached hydrogens (tertiary/aromatic N) is 1. The van der Waals surface area contributed by atoms with Crippen LogP contribution in [-0.4, -0.2) is 46.0 Å². The summed E-state index contributed by atoms with van der Waals surface area (Å²) in [7, 11) is -1.36. The zero-order valence-electron chi connectivity index (χ0n) is 12.1. The topological polar surface area (TPSA) is 61.4 Å². The van der Waals surface area contributed by atoms with Crippen molar-refractivity contribution >= 4 is 15.7 Å². The van der Waals surface area contributed by atoms with Crippen LogP contribution in [0.4, 0.5) is 5.69 Å². The number of likely N-dealkylation sites (N-methyl/N-ethyl adjacent to an activating group) is 1. The first-order valence-corrected chi connectivity index (χ1v) is 8.55. The molecule has 6 heteroatoms. The maximum Gasteiger partial charge on any atom is 0.240 e. The number of sulfonamides is 1. The Morgan fingerprint density at radius 2 is 1.90 bits per heavy atom. The largest absolute Gasteiger partial charge is 0.385 e. The molecule has 0 heterocycles. The van der Waals surface area contributed by atoms with Crippen LogP contribution in [0.1, 0.15) is 19.8 Å². The number of hydrogen-bond donors (Lipinski definition) is 2. The normalized spacial score (nSPS) is 15.6. The predicted molar refractivity (Wildman–Crippen MR) is 81.4 cm³/mol. The van der Waals surface area contributed by atoms with Crippen LogP contribution < -0.4 is 10.0 Å². The van der Waals surface area contributed by atoms with Crippen LogP contribution in [0.25, 0.3) is 0 Å². The molecule has 2 N–H and O–H groups in total. The molecule has 2 rings (SSSR count). The van der Waals surface area contributed by atoms with Crippen LogP contribution in [0.3, 0.4) is 0 Å². The molecule has 0 amide bonds. The number of hydrogen-bond acceptors (Lipinski definition) is 4. The van der Waals surface area contributed by atoms with Gasteiger partial charge in [0.1, 0.15) is 0 Å². The number of anilines is 1. The third kappa shape index (κ3) is 4.19. The van der Waals surface area contributed by atoms with Crippen LogP contribution in [0.2, 0.25) is 0 Å². The van der Waals surface area contributed by atoms with Crippen molar-refractivity contribution in [2.45, 2.75) is 30.7 Å². The van der Waals surface area contributed by atoms with E-state index in [1.165, 1.54) is 12.8 Å². The van der Waals surface area contributed by atoms with E-state index in [9.17, 15) is 8.42 Å². The third-order valence-electron chi connectivity index (χ3n) is 3.47. The van der Waals surface area contributed by atoms with Gasteiger partial charge in [0.2, 0.25) is 10.0 Å². The Morgan fingerprint density at radius 3 is 2.45 bits per heavy atom. The quantitative estimate of drug-likeness (QED) is 0.763. The van der Waals surface area contributed by atoms with E-state index < -0.39 is 10.0 Å². The van der Waals surface area contributed by atoms with Gasteiger partial charge in [-0.05, 0) is 51.1 Å². The molecule has 0 aromatic heterocycles. The molecule has 0 saturated heterocycles. The van der Waals surface area contributed by atoms with Crippen molar-refractivity contribution in [3.8, 4) is 0 Å². The van der Waals surface area contributed by atoms with E-state index in [-0.39, 0.29) is 0 Å². The number of nitrogens with one attached hydrogen (secondary N) is 2. The molecule has 5 nitrogen and oxygen atoms in total. The standard InChI is InChI=1S/C14H23N3O2S/c1-3-15-12-4-8-14(9-5-12)20(18,19)16-10-11-17(2)13-6-7-13/h4-5,8-9,13,15-16H,3,6-7,10-11H2,1-2H3. The highest BCUT2D eigenvalue weighted by molar-refractivity contribution is 7.89. The average molecular weight is 297 g/mol. The summed E-state index contributed by atoms with van der Waals surface area (Å²) in [5, 5.41) is 3.14. The molecule has 0 unspecified atom stereocenters. The lowest BCUT2D eigenvalue weighted by molar-refractivity contribution is 0.329. The van der Waals surface area contributed by atoms with E-state index >= 15 is 0 Å². The Balaban J connectivity index is 1.88. The van der Waals surface area contributed by atoms with E-state index in [0.717, 1.165) is 18.8 Å². The zero-order chi connectivity index (χ0) is 14.6. The lowest BCUT2D eigenvalue weighted by atomic mass is 10.3. The van der Waals surface area contributed by atoms with Gasteiger partial charge in [0.25, 0.3) is 0 Å². The fraction of sp³-hybridized carbons (Fsp3) is 0.571. The van der Waals surface area contributed by atoms with Gasteiger partial charge in [-0.25, -0.2) is 13.1 Å². The highest BCUT2D eigenvalue weighted by atomic mass is 32.2. The Morgan fingerprint density at radius 1 is 1.25 bits per heavy atom. The van der Waals surface area contributed by atoms with Crippen LogP contribution in [0, 0.1) is 0 Å². The monoisotopic (exact) mass is 297 g/mol. The van der Waals surface area contributed by atoms with Crippen molar-refractivity contribution in [3.05, 3.63) is 24.3 Å². The molecule has 1 aliphatic rings. The zero-order valence-corrected chi connectivity index (χ0v) is 12.9. The Kier molecular flexibility index (Phi) is 5.01. The minimum Gasteiger partial charge on any atom is -0.385 e. The van der Waals surface area contributed by atoms with E-state index in [4.69, 9.17) is 0 Å². The maximum atomic E-state index is 12.1. The fourth-order valence-electron chi connectivity index (χ4n) is 2.09. The van der Waals surface area contributed by atoms with Crippen molar-refractivity contribution in [1.82, 2.24) is 9.62 Å². The highest BCUT2D eigenvalue weighted by Crippen LogP contribution is 2.24. The molecule has 0 bridgehead atoms. The molecule has 1 aliphatic carbocycles. The summed E-state index contributed by atoms with van der Waals surface area (Å²) in [5.41, 5.74) is 0.930. The molecule has 1 saturated carbocycles. The number of rotatable bonds is 8. The van der Waals surface area contributed by atoms with Crippen molar-refractivity contribution in [2.75, 3.05) is 32.0 Å². The number of benzene rings is 1. The van der Waals surface area contributed by atoms with Gasteiger partial charge in [0.15, 0.2) is 0 Å². The summed E-state index contributed by atoms with van der Waals surface area (Å²) in [6, 6.07) is 7.48. The molecule has 1 aromatic carbocycles. The summed E-state index contributed by atoms with van der Waals surface area (Å²) >= 11 is 0. The molecule has 0 spiro atoms. The van der Waals surface area contributed by atoms with E-state index in [1.807, 2.05) is 14.0 Å². The summed E-state index contributed by atoms with van der Waals surface area (Å²) < 4.78 is 26.9. The highest BCUT2D eigenvalue weighted by Gasteiger charge is 2.25. The van der Waals surface area contributed by atoms with Crippen LogP contribution in [-0.2, 0) is 10.0 Å². The smallest absolute Gasteiger partial charge is 0.240 e. The lowest BCUT2D eigenvalue weighted by Crippen LogP contribution is -2.33. The van der Waals surface area contributed by atoms with Crippen molar-refractivity contribution in [2.24, 2.45) is 0 Å². The molecular formula is C14H23N3O2S. The van der Waals surface area contributed by atoms with Gasteiger partial charge in [0.05, 0.1) is 4.90 Å². The van der Waals surface area contributed by atoms with E-state index in [0.29, 0.717) is 17.5 Å². The first-order chi connectivity index (χ1) is 9.53. The van der Waals surface area contributed by atoms with Gasteiger partial charge >= 0.3 is 0 Å². The SMILES string of the molecule is CCNc1ccc(S(=O)(=O)NCCN(C)C2CC2)cc1. The molecule has 0 aliphatic heterocycles. The molecular weight excluding hydrogens is 274 g/mol. The van der Waals surface area contributed by atoms with Crippen LogP contribution >= 0.6 is 0 Å². The first kappa shape index (κ1) is 15.3. The summed E-state index contributed by atoms with van der Waals surface area (Å²) in [4.78, 5) is 2.52. The molecule has 0 atom stereocenters. The lowest BCUT2D eigenvalue weighted by Gasteiger charge is -2.15. The minimum absolute atomic E-state index is 0.313. The van der Waals surface area contributed by atoms with Crippen molar-refractivity contribution in [1.29, 1.82) is 0 Å². The molecule has 0 radical (unpaired) electrons. The van der Waals surface area contributed by atoms with Crippen LogP contribution in [0.5, 0.6) is 0 Å². The van der Waals surface area contributed by atoms with Crippen molar-refractivity contribution in [3.63, 3.8) is 0 Å². The first-order valence-electron chi connectivity index (χ1n) is 7.07. The Bertz CT molecular complexity index is 524. The molecule has 1 aromatic rings. The summed E-state index contributed by atoms with van der Waals surface area (Å²) in [5.74, 6) is 0. The third-order valence-corrected chi connectivity index (χ3v) is 4.95. The summed E-state index contributed by atoms with van der Waals surface area (Å²) in [6.45, 7) is 4.02. The Labute approximate surface area is 121 Å². The second-order valence-corrected chi connectivity index (χ2v) is 6.93. The molecule has 112 valence electrons. The van der Waals surface area contributed by atoms with Gasteiger partial charge in [-0.3, -0.25) is 0 Å².